The first-order valence-corrected chi connectivity index (χ1v) is 5.15. The average molecular weight is 210 g/mol. The van der Waals surface area contributed by atoms with Gasteiger partial charge in [-0.3, -0.25) is 4.79 Å². The van der Waals surface area contributed by atoms with Gasteiger partial charge < -0.3 is 5.73 Å². The summed E-state index contributed by atoms with van der Waals surface area (Å²) in [6, 6.07) is 7.61. The van der Waals surface area contributed by atoms with Crippen LogP contribution >= 0.6 is 0 Å². The molecule has 1 aromatic carbocycles. The Balaban J connectivity index is 2.46. The van der Waals surface area contributed by atoms with Gasteiger partial charge in [0.2, 0.25) is 0 Å². The molecule has 3 nitrogen and oxygen atoms in total. The zero-order valence-corrected chi connectivity index (χ0v) is 8.60. The van der Waals surface area contributed by atoms with Crippen LogP contribution in [0.2, 0.25) is 0 Å². The molecule has 0 bridgehead atoms. The molecule has 0 atom stereocenters. The fraction of sp³-hybridized carbons (Fsp3) is 0.0769. The van der Waals surface area contributed by atoms with Gasteiger partial charge in [0.1, 0.15) is 0 Å². The van der Waals surface area contributed by atoms with Gasteiger partial charge in [0.05, 0.1) is 22.5 Å². The highest BCUT2D eigenvalue weighted by Gasteiger charge is 2.19. The molecule has 0 aliphatic heterocycles. The van der Waals surface area contributed by atoms with Crippen molar-refractivity contribution >= 4 is 28.4 Å². The molecule has 78 valence electrons. The monoisotopic (exact) mass is 210 g/mol. The summed E-state index contributed by atoms with van der Waals surface area (Å²) in [6.45, 7) is 0. The second-order valence-electron chi connectivity index (χ2n) is 3.83. The van der Waals surface area contributed by atoms with Crippen LogP contribution in [0.25, 0.3) is 17.0 Å². The lowest BCUT2D eigenvalue weighted by Crippen LogP contribution is -2.10. The summed E-state index contributed by atoms with van der Waals surface area (Å²) in [7, 11) is 0. The Kier molecular flexibility index (Phi) is 1.80. The van der Waals surface area contributed by atoms with Crippen molar-refractivity contribution in [1.29, 1.82) is 0 Å². The van der Waals surface area contributed by atoms with Gasteiger partial charge in [0.15, 0.2) is 5.78 Å². The molecule has 2 aromatic rings. The van der Waals surface area contributed by atoms with Crippen molar-refractivity contribution in [1.82, 2.24) is 4.98 Å². The third-order valence-electron chi connectivity index (χ3n) is 2.82. The van der Waals surface area contributed by atoms with Crippen LogP contribution in [-0.2, 0) is 0 Å². The number of fused-ring (bicyclic) bond motifs is 2. The topological polar surface area (TPSA) is 56.0 Å². The van der Waals surface area contributed by atoms with Crippen molar-refractivity contribution < 1.29 is 4.79 Å². The van der Waals surface area contributed by atoms with Crippen molar-refractivity contribution in [2.75, 3.05) is 5.73 Å². The van der Waals surface area contributed by atoms with Gasteiger partial charge in [-0.2, -0.15) is 0 Å². The van der Waals surface area contributed by atoms with Gasteiger partial charge in [0, 0.05) is 11.8 Å². The Bertz CT molecular complexity index is 629. The number of anilines is 1. The Morgan fingerprint density at radius 2 is 2.06 bits per heavy atom. The van der Waals surface area contributed by atoms with Crippen LogP contribution in [0.3, 0.4) is 0 Å². The van der Waals surface area contributed by atoms with Crippen molar-refractivity contribution in [3.05, 3.63) is 41.6 Å². The summed E-state index contributed by atoms with van der Waals surface area (Å²) in [4.78, 5) is 16.2. The molecule has 3 rings (SSSR count). The number of aromatic nitrogens is 1. The molecule has 0 spiro atoms. The quantitative estimate of drug-likeness (QED) is 0.726. The number of Topliss-reactive ketones (excluding diaryl/α,β-unsaturated/α-hetero) is 1. The Morgan fingerprint density at radius 1 is 1.25 bits per heavy atom. The number of nitrogen functional groups attached to an aromatic ring is 1. The molecule has 3 heteroatoms. The van der Waals surface area contributed by atoms with E-state index in [0.717, 1.165) is 10.9 Å². The number of para-hydroxylation sites is 1. The zero-order valence-electron chi connectivity index (χ0n) is 8.60. The number of carbonyl (C=O) groups excluding carboxylic acids is 1. The summed E-state index contributed by atoms with van der Waals surface area (Å²) in [5, 5.41) is 0.852. The zero-order chi connectivity index (χ0) is 11.1. The van der Waals surface area contributed by atoms with E-state index in [1.54, 1.807) is 0 Å². The van der Waals surface area contributed by atoms with E-state index in [2.05, 4.69) is 4.98 Å². The second kappa shape index (κ2) is 3.17. The Hall–Kier alpha value is -2.16. The number of ketones is 1. The largest absolute Gasteiger partial charge is 0.398 e. The fourth-order valence-electron chi connectivity index (χ4n) is 2.05. The normalized spacial score (nSPS) is 14.1. The predicted octanol–water partition coefficient (Wildman–Crippen LogP) is 2.42. The minimum absolute atomic E-state index is 0.0493. The van der Waals surface area contributed by atoms with Gasteiger partial charge in [-0.15, -0.1) is 0 Å². The van der Waals surface area contributed by atoms with Crippen LogP contribution in [0.1, 0.15) is 22.5 Å². The summed E-state index contributed by atoms with van der Waals surface area (Å²) < 4.78 is 0. The first kappa shape index (κ1) is 9.09. The van der Waals surface area contributed by atoms with Crippen LogP contribution in [-0.4, -0.2) is 10.8 Å². The maximum absolute atomic E-state index is 11.8. The van der Waals surface area contributed by atoms with E-state index in [1.165, 1.54) is 0 Å². The van der Waals surface area contributed by atoms with Crippen molar-refractivity contribution in [3.8, 4) is 0 Å². The number of allylic oxidation sites excluding steroid dienone is 1. The number of rotatable bonds is 0. The van der Waals surface area contributed by atoms with E-state index < -0.39 is 0 Å². The van der Waals surface area contributed by atoms with Gasteiger partial charge in [-0.05, 0) is 12.1 Å². The number of carbonyl (C=O) groups is 1. The van der Waals surface area contributed by atoms with Crippen molar-refractivity contribution in [3.63, 3.8) is 0 Å². The lowest BCUT2D eigenvalue weighted by Gasteiger charge is -2.13. The highest BCUT2D eigenvalue weighted by atomic mass is 16.1. The highest BCUT2D eigenvalue weighted by molar-refractivity contribution is 6.11. The SMILES string of the molecule is Nc1c2c(nc3ccccc13)C=CCC2=O. The minimum atomic E-state index is 0.0493. The van der Waals surface area contributed by atoms with Crippen molar-refractivity contribution in [2.45, 2.75) is 6.42 Å². The lowest BCUT2D eigenvalue weighted by atomic mass is 9.96. The summed E-state index contributed by atoms with van der Waals surface area (Å²) >= 11 is 0. The predicted molar refractivity (Wildman–Crippen MR) is 64.1 cm³/mol. The van der Waals surface area contributed by atoms with E-state index in [0.29, 0.717) is 23.4 Å². The molecule has 0 fully saturated rings. The minimum Gasteiger partial charge on any atom is -0.398 e. The van der Waals surface area contributed by atoms with E-state index in [4.69, 9.17) is 5.73 Å². The van der Waals surface area contributed by atoms with E-state index in [-0.39, 0.29) is 5.78 Å². The van der Waals surface area contributed by atoms with Gasteiger partial charge in [-0.1, -0.05) is 24.3 Å². The lowest BCUT2D eigenvalue weighted by molar-refractivity contribution is 0.0995. The molecule has 0 saturated heterocycles. The number of benzene rings is 1. The highest BCUT2D eigenvalue weighted by Crippen LogP contribution is 2.29. The van der Waals surface area contributed by atoms with Crippen LogP contribution in [0.15, 0.2) is 30.3 Å². The number of hydrogen-bond acceptors (Lipinski definition) is 3. The maximum atomic E-state index is 11.8. The van der Waals surface area contributed by atoms with Crippen LogP contribution in [0.4, 0.5) is 5.69 Å². The van der Waals surface area contributed by atoms with Crippen molar-refractivity contribution in [2.24, 2.45) is 0 Å². The molecule has 1 aromatic heterocycles. The third-order valence-corrected chi connectivity index (χ3v) is 2.82. The first-order valence-electron chi connectivity index (χ1n) is 5.15. The molecule has 0 unspecified atom stereocenters. The molecular weight excluding hydrogens is 200 g/mol. The summed E-state index contributed by atoms with van der Waals surface area (Å²) in [5.74, 6) is 0.0493. The number of pyridine rings is 1. The third kappa shape index (κ3) is 1.15. The Labute approximate surface area is 92.6 Å². The van der Waals surface area contributed by atoms with Gasteiger partial charge >= 0.3 is 0 Å². The standard InChI is InChI=1S/C13H10N2O/c14-13-8-4-1-2-5-9(8)15-10-6-3-7-11(16)12(10)13/h1-6H,7H2,(H2,14,15). The van der Waals surface area contributed by atoms with Crippen LogP contribution in [0.5, 0.6) is 0 Å². The molecule has 16 heavy (non-hydrogen) atoms. The molecule has 0 amide bonds. The summed E-state index contributed by atoms with van der Waals surface area (Å²) in [6.07, 6.45) is 4.10. The van der Waals surface area contributed by atoms with E-state index in [1.807, 2.05) is 36.4 Å². The molecule has 0 radical (unpaired) electrons. The average Bonchev–Trinajstić information content (AvgIpc) is 2.29. The first-order chi connectivity index (χ1) is 7.77. The molecular formula is C13H10N2O. The molecule has 1 aliphatic rings. The smallest absolute Gasteiger partial charge is 0.170 e. The molecule has 1 heterocycles. The van der Waals surface area contributed by atoms with E-state index in [9.17, 15) is 4.79 Å². The second-order valence-corrected chi connectivity index (χ2v) is 3.83. The maximum Gasteiger partial charge on any atom is 0.170 e. The van der Waals surface area contributed by atoms with E-state index >= 15 is 0 Å². The van der Waals surface area contributed by atoms with Gasteiger partial charge in [-0.25, -0.2) is 4.98 Å². The van der Waals surface area contributed by atoms with Crippen LogP contribution < -0.4 is 5.73 Å². The van der Waals surface area contributed by atoms with Gasteiger partial charge in [0.25, 0.3) is 0 Å². The molecule has 2 N–H and O–H groups in total. The number of nitrogens with zero attached hydrogens (tertiary/aromatic N) is 1. The molecule has 1 aliphatic carbocycles. The molecule has 0 saturated carbocycles. The summed E-state index contributed by atoms with van der Waals surface area (Å²) in [5.41, 5.74) is 8.68. The number of hydrogen-bond donors (Lipinski definition) is 1. The van der Waals surface area contributed by atoms with Crippen LogP contribution in [0, 0.1) is 0 Å². The fourth-order valence-corrected chi connectivity index (χ4v) is 2.05. The Morgan fingerprint density at radius 3 is 2.94 bits per heavy atom. The number of nitrogens with two attached hydrogens (primary N) is 1.